The van der Waals surface area contributed by atoms with Crippen molar-refractivity contribution in [1.82, 2.24) is 9.47 Å². The van der Waals surface area contributed by atoms with Crippen LogP contribution in [0.3, 0.4) is 0 Å². The topological polar surface area (TPSA) is 56.8 Å². The molecule has 4 heterocycles. The number of carbonyl (C=O) groups is 1. The molecule has 1 spiro atoms. The van der Waals surface area contributed by atoms with Crippen LogP contribution in [0.2, 0.25) is 5.02 Å². The largest absolute Gasteiger partial charge is 0.460 e. The lowest BCUT2D eigenvalue weighted by molar-refractivity contribution is -0.181. The van der Waals surface area contributed by atoms with Crippen LogP contribution < -0.4 is 0 Å². The molecule has 29 heavy (non-hydrogen) atoms. The summed E-state index contributed by atoms with van der Waals surface area (Å²) >= 11 is 6.39. The van der Waals surface area contributed by atoms with Gasteiger partial charge in [0.15, 0.2) is 11.4 Å². The zero-order valence-electron chi connectivity index (χ0n) is 16.3. The highest BCUT2D eigenvalue weighted by molar-refractivity contribution is 6.31. The van der Waals surface area contributed by atoms with Crippen LogP contribution in [0.4, 0.5) is 0 Å². The number of aromatic nitrogens is 1. The first-order valence-electron chi connectivity index (χ1n) is 9.95. The quantitative estimate of drug-likeness (QED) is 0.643. The number of furan rings is 1. The SMILES string of the molecule is Cc1cc2c(cc(C(=O)N3CCC4(CC3)OCCO4)n2Cc2ccccc2Cl)o1. The van der Waals surface area contributed by atoms with Gasteiger partial charge in [0.2, 0.25) is 0 Å². The Balaban J connectivity index is 1.45. The van der Waals surface area contributed by atoms with Crippen LogP contribution in [0.15, 0.2) is 40.8 Å². The average molecular weight is 415 g/mol. The van der Waals surface area contributed by atoms with Crippen molar-refractivity contribution in [3.63, 3.8) is 0 Å². The highest BCUT2D eigenvalue weighted by Crippen LogP contribution is 2.33. The van der Waals surface area contributed by atoms with Gasteiger partial charge in [-0.15, -0.1) is 0 Å². The zero-order valence-corrected chi connectivity index (χ0v) is 17.1. The molecule has 7 heteroatoms. The fourth-order valence-electron chi connectivity index (χ4n) is 4.31. The first-order chi connectivity index (χ1) is 14.0. The number of hydrogen-bond donors (Lipinski definition) is 0. The Kier molecular flexibility index (Phi) is 4.65. The van der Waals surface area contributed by atoms with Gasteiger partial charge in [0.25, 0.3) is 5.91 Å². The summed E-state index contributed by atoms with van der Waals surface area (Å²) in [5, 5.41) is 0.684. The van der Waals surface area contributed by atoms with E-state index in [4.69, 9.17) is 25.5 Å². The number of amides is 1. The van der Waals surface area contributed by atoms with Gasteiger partial charge in [-0.1, -0.05) is 29.8 Å². The number of rotatable bonds is 3. The van der Waals surface area contributed by atoms with Crippen molar-refractivity contribution in [3.8, 4) is 0 Å². The Bertz CT molecular complexity index is 1050. The molecule has 2 fully saturated rings. The van der Waals surface area contributed by atoms with Gasteiger partial charge in [0, 0.05) is 49.6 Å². The number of likely N-dealkylation sites (tertiary alicyclic amines) is 1. The van der Waals surface area contributed by atoms with E-state index >= 15 is 0 Å². The minimum atomic E-state index is -0.499. The van der Waals surface area contributed by atoms with Crippen molar-refractivity contribution in [2.45, 2.75) is 32.1 Å². The van der Waals surface area contributed by atoms with Crippen molar-refractivity contribution in [1.29, 1.82) is 0 Å². The van der Waals surface area contributed by atoms with Crippen LogP contribution in [0, 0.1) is 6.92 Å². The molecule has 0 N–H and O–H groups in total. The standard InChI is InChI=1S/C22H23ClN2O4/c1-15-12-18-20(29-15)13-19(25(18)14-16-4-2-3-5-17(16)23)21(26)24-8-6-22(7-9-24)27-10-11-28-22/h2-5,12-13H,6-11,14H2,1H3. The summed E-state index contributed by atoms with van der Waals surface area (Å²) in [7, 11) is 0. The van der Waals surface area contributed by atoms with Crippen molar-refractivity contribution in [2.24, 2.45) is 0 Å². The number of hydrogen-bond acceptors (Lipinski definition) is 4. The number of aryl methyl sites for hydroxylation is 1. The van der Waals surface area contributed by atoms with Crippen molar-refractivity contribution in [3.05, 3.63) is 58.4 Å². The van der Waals surface area contributed by atoms with Crippen LogP contribution in [-0.4, -0.2) is 47.5 Å². The molecular weight excluding hydrogens is 392 g/mol. The fraction of sp³-hybridized carbons (Fsp3) is 0.409. The molecule has 0 unspecified atom stereocenters. The van der Waals surface area contributed by atoms with E-state index in [1.54, 1.807) is 0 Å². The van der Waals surface area contributed by atoms with Gasteiger partial charge in [0.1, 0.15) is 11.5 Å². The predicted molar refractivity (Wildman–Crippen MR) is 109 cm³/mol. The smallest absolute Gasteiger partial charge is 0.270 e. The molecule has 0 atom stereocenters. The van der Waals surface area contributed by atoms with Gasteiger partial charge in [-0.3, -0.25) is 4.79 Å². The number of piperidine rings is 1. The maximum absolute atomic E-state index is 13.4. The van der Waals surface area contributed by atoms with Crippen LogP contribution in [0.5, 0.6) is 0 Å². The van der Waals surface area contributed by atoms with E-state index in [-0.39, 0.29) is 5.91 Å². The Morgan fingerprint density at radius 3 is 2.59 bits per heavy atom. The highest BCUT2D eigenvalue weighted by atomic mass is 35.5. The van der Waals surface area contributed by atoms with E-state index in [1.165, 1.54) is 0 Å². The molecule has 2 aliphatic rings. The van der Waals surface area contributed by atoms with E-state index < -0.39 is 5.79 Å². The van der Waals surface area contributed by atoms with Gasteiger partial charge in [-0.05, 0) is 18.6 Å². The monoisotopic (exact) mass is 414 g/mol. The summed E-state index contributed by atoms with van der Waals surface area (Å²) in [6.45, 7) is 4.89. The first kappa shape index (κ1) is 18.7. The normalized spacial score (nSPS) is 18.8. The molecule has 2 aliphatic heterocycles. The Morgan fingerprint density at radius 1 is 1.14 bits per heavy atom. The third-order valence-corrected chi connectivity index (χ3v) is 6.21. The highest BCUT2D eigenvalue weighted by Gasteiger charge is 2.41. The molecule has 152 valence electrons. The van der Waals surface area contributed by atoms with Gasteiger partial charge in [0.05, 0.1) is 18.7 Å². The fourth-order valence-corrected chi connectivity index (χ4v) is 4.50. The zero-order chi connectivity index (χ0) is 20.0. The van der Waals surface area contributed by atoms with Gasteiger partial charge < -0.3 is 23.4 Å². The molecule has 1 aromatic carbocycles. The first-order valence-corrected chi connectivity index (χ1v) is 10.3. The number of benzene rings is 1. The van der Waals surface area contributed by atoms with E-state index in [0.29, 0.717) is 62.0 Å². The Labute approximate surface area is 173 Å². The summed E-state index contributed by atoms with van der Waals surface area (Å²) in [5.41, 5.74) is 3.20. The Morgan fingerprint density at radius 2 is 1.86 bits per heavy atom. The summed E-state index contributed by atoms with van der Waals surface area (Å²) in [5.74, 6) is 0.312. The van der Waals surface area contributed by atoms with E-state index in [1.807, 2.05) is 52.8 Å². The van der Waals surface area contributed by atoms with Gasteiger partial charge >= 0.3 is 0 Å². The second kappa shape index (κ2) is 7.20. The third kappa shape index (κ3) is 3.35. The number of nitrogens with zero attached hydrogens (tertiary/aromatic N) is 2. The molecule has 5 rings (SSSR count). The molecule has 2 aromatic heterocycles. The minimum absolute atomic E-state index is 0.00560. The van der Waals surface area contributed by atoms with E-state index in [2.05, 4.69) is 0 Å². The van der Waals surface area contributed by atoms with Crippen molar-refractivity contribution >= 4 is 28.6 Å². The van der Waals surface area contributed by atoms with Crippen molar-refractivity contribution in [2.75, 3.05) is 26.3 Å². The van der Waals surface area contributed by atoms with E-state index in [0.717, 1.165) is 16.8 Å². The lowest BCUT2D eigenvalue weighted by atomic mass is 10.0. The molecule has 3 aromatic rings. The lowest BCUT2D eigenvalue weighted by Gasteiger charge is -2.37. The molecule has 0 bridgehead atoms. The third-order valence-electron chi connectivity index (χ3n) is 5.84. The number of fused-ring (bicyclic) bond motifs is 1. The molecule has 0 saturated carbocycles. The van der Waals surface area contributed by atoms with E-state index in [9.17, 15) is 4.79 Å². The van der Waals surface area contributed by atoms with Crippen LogP contribution >= 0.6 is 11.6 Å². The summed E-state index contributed by atoms with van der Waals surface area (Å²) in [6.07, 6.45) is 1.39. The van der Waals surface area contributed by atoms with Crippen LogP contribution in [0.1, 0.15) is 34.7 Å². The average Bonchev–Trinajstić information content (AvgIpc) is 3.40. The van der Waals surface area contributed by atoms with Gasteiger partial charge in [-0.2, -0.15) is 0 Å². The molecule has 2 saturated heterocycles. The number of carbonyl (C=O) groups excluding carboxylic acids is 1. The molecular formula is C22H23ClN2O4. The lowest BCUT2D eigenvalue weighted by Crippen LogP contribution is -2.47. The summed E-state index contributed by atoms with van der Waals surface area (Å²) in [6, 6.07) is 11.5. The second-order valence-corrected chi connectivity index (χ2v) is 8.12. The Hall–Kier alpha value is -2.28. The predicted octanol–water partition coefficient (Wildman–Crippen LogP) is 4.22. The molecule has 6 nitrogen and oxygen atoms in total. The van der Waals surface area contributed by atoms with Gasteiger partial charge in [-0.25, -0.2) is 0 Å². The van der Waals surface area contributed by atoms with Crippen molar-refractivity contribution < 1.29 is 18.7 Å². The summed E-state index contributed by atoms with van der Waals surface area (Å²) in [4.78, 5) is 15.3. The second-order valence-electron chi connectivity index (χ2n) is 7.71. The molecule has 0 radical (unpaired) electrons. The number of ether oxygens (including phenoxy) is 2. The summed E-state index contributed by atoms with van der Waals surface area (Å²) < 4.78 is 19.4. The maximum atomic E-state index is 13.4. The maximum Gasteiger partial charge on any atom is 0.270 e. The molecule has 1 amide bonds. The van der Waals surface area contributed by atoms with Crippen LogP contribution in [-0.2, 0) is 16.0 Å². The van der Waals surface area contributed by atoms with Crippen LogP contribution in [0.25, 0.3) is 11.1 Å². The minimum Gasteiger partial charge on any atom is -0.460 e. The molecule has 0 aliphatic carbocycles. The number of halogens is 1.